The second-order valence-corrected chi connectivity index (χ2v) is 6.70. The van der Waals surface area contributed by atoms with Crippen molar-refractivity contribution < 1.29 is 13.9 Å². The number of hydrogen-bond donors (Lipinski definition) is 1. The molecule has 5 rings (SSSR count). The molecule has 0 fully saturated rings. The van der Waals surface area contributed by atoms with Crippen LogP contribution in [0.2, 0.25) is 0 Å². The van der Waals surface area contributed by atoms with Crippen LogP contribution >= 0.6 is 0 Å². The Kier molecular flexibility index (Phi) is 4.44. The number of hydrogen-bond acceptors (Lipinski definition) is 6. The summed E-state index contributed by atoms with van der Waals surface area (Å²) >= 11 is 0. The van der Waals surface area contributed by atoms with E-state index in [0.717, 1.165) is 16.9 Å². The normalized spacial score (nSPS) is 12.6. The molecule has 0 atom stereocenters. The fraction of sp³-hybridized carbons (Fsp3) is 0.190. The van der Waals surface area contributed by atoms with Crippen molar-refractivity contribution >= 4 is 11.6 Å². The molecule has 1 N–H and O–H groups in total. The first-order valence-electron chi connectivity index (χ1n) is 9.32. The average Bonchev–Trinajstić information content (AvgIpc) is 3.42. The van der Waals surface area contributed by atoms with Crippen LogP contribution in [0.25, 0.3) is 5.65 Å². The summed E-state index contributed by atoms with van der Waals surface area (Å²) in [6.07, 6.45) is 3.85. The van der Waals surface area contributed by atoms with Gasteiger partial charge < -0.3 is 14.8 Å². The van der Waals surface area contributed by atoms with Crippen molar-refractivity contribution in [1.82, 2.24) is 19.6 Å². The molecule has 1 aliphatic heterocycles. The van der Waals surface area contributed by atoms with Crippen LogP contribution in [0.15, 0.2) is 55.0 Å². The first kappa shape index (κ1) is 17.4. The van der Waals surface area contributed by atoms with Crippen LogP contribution in [0.1, 0.15) is 16.7 Å². The second kappa shape index (κ2) is 7.38. The van der Waals surface area contributed by atoms with Crippen LogP contribution in [-0.4, -0.2) is 26.2 Å². The third-order valence-electron chi connectivity index (χ3n) is 4.90. The molecule has 29 heavy (non-hydrogen) atoms. The number of halogens is 1. The SMILES string of the molecule is Fc1ccc2c(c1CNc1ncc(OCc3ccccc3)c3nncn13)CCO2. The minimum atomic E-state index is -0.260. The van der Waals surface area contributed by atoms with Crippen LogP contribution in [0.5, 0.6) is 11.5 Å². The van der Waals surface area contributed by atoms with Crippen LogP contribution in [0.3, 0.4) is 0 Å². The number of anilines is 1. The molecule has 0 bridgehead atoms. The third-order valence-corrected chi connectivity index (χ3v) is 4.90. The molecule has 1 aliphatic rings. The number of rotatable bonds is 6. The molecule has 8 heteroatoms. The van der Waals surface area contributed by atoms with E-state index in [9.17, 15) is 4.39 Å². The summed E-state index contributed by atoms with van der Waals surface area (Å²) in [6, 6.07) is 13.0. The minimum absolute atomic E-state index is 0.260. The first-order valence-corrected chi connectivity index (χ1v) is 9.32. The predicted molar refractivity (Wildman–Crippen MR) is 104 cm³/mol. The van der Waals surface area contributed by atoms with Gasteiger partial charge in [-0.15, -0.1) is 10.2 Å². The molecule has 0 spiro atoms. The highest BCUT2D eigenvalue weighted by Crippen LogP contribution is 2.30. The summed E-state index contributed by atoms with van der Waals surface area (Å²) < 4.78 is 27.5. The highest BCUT2D eigenvalue weighted by molar-refractivity contribution is 5.56. The molecule has 0 radical (unpaired) electrons. The van der Waals surface area contributed by atoms with Gasteiger partial charge in [0.2, 0.25) is 11.6 Å². The van der Waals surface area contributed by atoms with Gasteiger partial charge in [-0.05, 0) is 17.7 Å². The average molecular weight is 391 g/mol. The van der Waals surface area contributed by atoms with Crippen molar-refractivity contribution in [3.63, 3.8) is 0 Å². The summed E-state index contributed by atoms with van der Waals surface area (Å²) in [5.74, 6) is 1.52. The van der Waals surface area contributed by atoms with Gasteiger partial charge in [-0.2, -0.15) is 0 Å². The number of benzene rings is 2. The lowest BCUT2D eigenvalue weighted by Crippen LogP contribution is -2.10. The van der Waals surface area contributed by atoms with Crippen molar-refractivity contribution in [2.75, 3.05) is 11.9 Å². The van der Waals surface area contributed by atoms with Gasteiger partial charge in [0.1, 0.15) is 24.5 Å². The number of ether oxygens (including phenoxy) is 2. The number of nitrogens with one attached hydrogen (secondary N) is 1. The maximum atomic E-state index is 14.4. The van der Waals surface area contributed by atoms with Crippen LogP contribution < -0.4 is 14.8 Å². The van der Waals surface area contributed by atoms with Gasteiger partial charge in [0.15, 0.2) is 5.75 Å². The Balaban J connectivity index is 1.37. The Morgan fingerprint density at radius 1 is 1.17 bits per heavy atom. The molecule has 0 saturated heterocycles. The molecule has 0 aliphatic carbocycles. The lowest BCUT2D eigenvalue weighted by Gasteiger charge is -2.13. The zero-order chi connectivity index (χ0) is 19.6. The van der Waals surface area contributed by atoms with Crippen molar-refractivity contribution in [2.24, 2.45) is 0 Å². The van der Waals surface area contributed by atoms with E-state index in [0.29, 0.717) is 42.5 Å². The van der Waals surface area contributed by atoms with E-state index in [-0.39, 0.29) is 12.4 Å². The van der Waals surface area contributed by atoms with Gasteiger partial charge >= 0.3 is 0 Å². The zero-order valence-electron chi connectivity index (χ0n) is 15.5. The lowest BCUT2D eigenvalue weighted by atomic mass is 10.0. The first-order chi connectivity index (χ1) is 14.3. The topological polar surface area (TPSA) is 73.6 Å². The molecule has 0 amide bonds. The Morgan fingerprint density at radius 2 is 2.07 bits per heavy atom. The molecule has 0 saturated carbocycles. The van der Waals surface area contributed by atoms with Gasteiger partial charge in [0, 0.05) is 24.1 Å². The van der Waals surface area contributed by atoms with E-state index in [4.69, 9.17) is 9.47 Å². The van der Waals surface area contributed by atoms with Crippen LogP contribution in [0, 0.1) is 5.82 Å². The molecule has 0 unspecified atom stereocenters. The highest BCUT2D eigenvalue weighted by atomic mass is 19.1. The summed E-state index contributed by atoms with van der Waals surface area (Å²) in [5, 5.41) is 11.3. The Labute approximate surface area is 166 Å². The fourth-order valence-corrected chi connectivity index (χ4v) is 3.44. The summed E-state index contributed by atoms with van der Waals surface area (Å²) in [7, 11) is 0. The van der Waals surface area contributed by atoms with E-state index in [2.05, 4.69) is 20.5 Å². The quantitative estimate of drug-likeness (QED) is 0.543. The van der Waals surface area contributed by atoms with Gasteiger partial charge in [0.25, 0.3) is 0 Å². The number of fused-ring (bicyclic) bond motifs is 2. The van der Waals surface area contributed by atoms with Crippen molar-refractivity contribution in [1.29, 1.82) is 0 Å². The molecule has 2 aromatic heterocycles. The molecule has 3 heterocycles. The maximum absolute atomic E-state index is 14.4. The van der Waals surface area contributed by atoms with Crippen molar-refractivity contribution in [3.8, 4) is 11.5 Å². The van der Waals surface area contributed by atoms with Crippen LogP contribution in [-0.2, 0) is 19.6 Å². The minimum Gasteiger partial charge on any atom is -0.493 e. The summed E-state index contributed by atoms with van der Waals surface area (Å²) in [4.78, 5) is 4.42. The summed E-state index contributed by atoms with van der Waals surface area (Å²) in [5.41, 5.74) is 3.08. The van der Waals surface area contributed by atoms with Gasteiger partial charge in [0.05, 0.1) is 12.8 Å². The van der Waals surface area contributed by atoms with Gasteiger partial charge in [-0.1, -0.05) is 30.3 Å². The van der Waals surface area contributed by atoms with Gasteiger partial charge in [-0.25, -0.2) is 13.8 Å². The van der Waals surface area contributed by atoms with Crippen molar-refractivity contribution in [2.45, 2.75) is 19.6 Å². The highest BCUT2D eigenvalue weighted by Gasteiger charge is 2.20. The Bertz CT molecular complexity index is 1160. The zero-order valence-corrected chi connectivity index (χ0v) is 15.5. The monoisotopic (exact) mass is 391 g/mol. The molecular formula is C21H18FN5O2. The second-order valence-electron chi connectivity index (χ2n) is 6.70. The van der Waals surface area contributed by atoms with E-state index in [1.807, 2.05) is 30.3 Å². The molecular weight excluding hydrogens is 373 g/mol. The van der Waals surface area contributed by atoms with E-state index in [1.165, 1.54) is 6.07 Å². The number of aromatic nitrogens is 4. The smallest absolute Gasteiger partial charge is 0.210 e. The Hall–Kier alpha value is -3.68. The fourth-order valence-electron chi connectivity index (χ4n) is 3.44. The van der Waals surface area contributed by atoms with E-state index in [1.54, 1.807) is 23.0 Å². The molecule has 7 nitrogen and oxygen atoms in total. The summed E-state index contributed by atoms with van der Waals surface area (Å²) in [6.45, 7) is 1.26. The lowest BCUT2D eigenvalue weighted by molar-refractivity contribution is 0.307. The van der Waals surface area contributed by atoms with Crippen molar-refractivity contribution in [3.05, 3.63) is 77.5 Å². The standard InChI is InChI=1S/C21H18FN5O2/c22-17-6-7-18-15(8-9-28-18)16(17)10-23-21-24-11-19(20-26-25-13-27(20)21)29-12-14-4-2-1-3-5-14/h1-7,11,13H,8-10,12H2,(H,23,24). The Morgan fingerprint density at radius 3 is 2.97 bits per heavy atom. The maximum Gasteiger partial charge on any atom is 0.210 e. The predicted octanol–water partition coefficient (Wildman–Crippen LogP) is 3.39. The third kappa shape index (κ3) is 3.33. The largest absolute Gasteiger partial charge is 0.493 e. The molecule has 146 valence electrons. The van der Waals surface area contributed by atoms with Crippen LogP contribution in [0.4, 0.5) is 10.3 Å². The van der Waals surface area contributed by atoms with E-state index >= 15 is 0 Å². The molecule has 4 aromatic rings. The van der Waals surface area contributed by atoms with E-state index < -0.39 is 0 Å². The number of nitrogens with zero attached hydrogens (tertiary/aromatic N) is 4. The van der Waals surface area contributed by atoms with Gasteiger partial charge in [-0.3, -0.25) is 0 Å². The molecule has 2 aromatic carbocycles.